The second kappa shape index (κ2) is 8.61. The van der Waals surface area contributed by atoms with Gasteiger partial charge >= 0.3 is 11.9 Å². The van der Waals surface area contributed by atoms with E-state index in [0.29, 0.717) is 25.9 Å². The zero-order valence-corrected chi connectivity index (χ0v) is 14.4. The standard InChI is InChI=1S/C17H20F2N2O5/c1-25-15(23)9-14(17(24)26-2)20-10-7-12(18)16(13(19)8-10)21-5-3-11(22)4-6-21/h7-9,11,20,22H,3-6H2,1-2H3/b14-9+. The molecule has 7 nitrogen and oxygen atoms in total. The molecule has 0 atom stereocenters. The van der Waals surface area contributed by atoms with E-state index in [0.717, 1.165) is 32.4 Å². The lowest BCUT2D eigenvalue weighted by Gasteiger charge is -2.32. The molecule has 1 aromatic carbocycles. The number of aliphatic hydroxyl groups is 1. The van der Waals surface area contributed by atoms with E-state index in [2.05, 4.69) is 14.8 Å². The average Bonchev–Trinajstić information content (AvgIpc) is 2.61. The highest BCUT2D eigenvalue weighted by atomic mass is 19.1. The monoisotopic (exact) mass is 370 g/mol. The maximum atomic E-state index is 14.4. The van der Waals surface area contributed by atoms with Gasteiger partial charge in [0.15, 0.2) is 11.6 Å². The summed E-state index contributed by atoms with van der Waals surface area (Å²) in [5.74, 6) is -3.38. The molecule has 9 heteroatoms. The fourth-order valence-corrected chi connectivity index (χ4v) is 2.62. The molecule has 0 radical (unpaired) electrons. The van der Waals surface area contributed by atoms with Gasteiger partial charge in [0, 0.05) is 18.8 Å². The number of aliphatic hydroxyl groups excluding tert-OH is 1. The van der Waals surface area contributed by atoms with Crippen LogP contribution in [0.5, 0.6) is 0 Å². The lowest BCUT2D eigenvalue weighted by molar-refractivity contribution is -0.138. The van der Waals surface area contributed by atoms with E-state index in [4.69, 9.17) is 0 Å². The van der Waals surface area contributed by atoms with E-state index in [1.54, 1.807) is 0 Å². The predicted molar refractivity (Wildman–Crippen MR) is 89.5 cm³/mol. The summed E-state index contributed by atoms with van der Waals surface area (Å²) in [6, 6.07) is 2.02. The number of ether oxygens (including phenoxy) is 2. The summed E-state index contributed by atoms with van der Waals surface area (Å²) >= 11 is 0. The molecule has 1 heterocycles. The number of carbonyl (C=O) groups excluding carboxylic acids is 2. The van der Waals surface area contributed by atoms with E-state index in [1.165, 1.54) is 4.90 Å². The molecule has 0 aromatic heterocycles. The van der Waals surface area contributed by atoms with Gasteiger partial charge in [-0.1, -0.05) is 0 Å². The number of anilines is 2. The number of rotatable bonds is 5. The van der Waals surface area contributed by atoms with Crippen LogP contribution in [0.4, 0.5) is 20.2 Å². The number of carbonyl (C=O) groups is 2. The van der Waals surface area contributed by atoms with Crippen molar-refractivity contribution in [3.8, 4) is 0 Å². The third kappa shape index (κ3) is 4.69. The highest BCUT2D eigenvalue weighted by Gasteiger charge is 2.24. The van der Waals surface area contributed by atoms with Crippen molar-refractivity contribution < 1.29 is 33.0 Å². The Bertz CT molecular complexity index is 692. The number of nitrogens with zero attached hydrogens (tertiary/aromatic N) is 1. The van der Waals surface area contributed by atoms with Gasteiger partial charge in [0.05, 0.1) is 26.4 Å². The molecule has 0 aliphatic carbocycles. The van der Waals surface area contributed by atoms with Crippen LogP contribution in [0.3, 0.4) is 0 Å². The van der Waals surface area contributed by atoms with Crippen molar-refractivity contribution in [2.75, 3.05) is 37.5 Å². The van der Waals surface area contributed by atoms with Gasteiger partial charge in [-0.3, -0.25) is 0 Å². The Morgan fingerprint density at radius 1 is 1.19 bits per heavy atom. The molecule has 142 valence electrons. The Hall–Kier alpha value is -2.68. The van der Waals surface area contributed by atoms with Crippen LogP contribution in [0.1, 0.15) is 12.8 Å². The fourth-order valence-electron chi connectivity index (χ4n) is 2.62. The quantitative estimate of drug-likeness (QED) is 0.601. The molecule has 1 saturated heterocycles. The van der Waals surface area contributed by atoms with Crippen LogP contribution in [0.15, 0.2) is 23.9 Å². The number of piperidine rings is 1. The van der Waals surface area contributed by atoms with Crippen molar-refractivity contribution in [1.29, 1.82) is 0 Å². The predicted octanol–water partition coefficient (Wildman–Crippen LogP) is 1.57. The zero-order valence-electron chi connectivity index (χ0n) is 14.4. The van der Waals surface area contributed by atoms with Gasteiger partial charge in [-0.25, -0.2) is 18.4 Å². The summed E-state index contributed by atoms with van der Waals surface area (Å²) < 4.78 is 37.8. The summed E-state index contributed by atoms with van der Waals surface area (Å²) in [7, 11) is 2.22. The van der Waals surface area contributed by atoms with Crippen molar-refractivity contribution in [3.63, 3.8) is 0 Å². The summed E-state index contributed by atoms with van der Waals surface area (Å²) in [5.41, 5.74) is -0.590. The lowest BCUT2D eigenvalue weighted by atomic mass is 10.1. The van der Waals surface area contributed by atoms with Crippen LogP contribution in [0.2, 0.25) is 0 Å². The first-order chi connectivity index (χ1) is 12.3. The van der Waals surface area contributed by atoms with Crippen molar-refractivity contribution >= 4 is 23.3 Å². The first kappa shape index (κ1) is 19.6. The Labute approximate surface area is 149 Å². The molecule has 1 aliphatic rings. The van der Waals surface area contributed by atoms with E-state index in [-0.39, 0.29) is 17.1 Å². The Balaban J connectivity index is 2.26. The van der Waals surface area contributed by atoms with E-state index >= 15 is 0 Å². The Morgan fingerprint density at radius 3 is 2.27 bits per heavy atom. The minimum Gasteiger partial charge on any atom is -0.466 e. The second-order valence-corrected chi connectivity index (χ2v) is 5.70. The smallest absolute Gasteiger partial charge is 0.354 e. The van der Waals surface area contributed by atoms with Crippen molar-refractivity contribution in [1.82, 2.24) is 0 Å². The molecule has 1 aromatic rings. The van der Waals surface area contributed by atoms with Crippen LogP contribution in [0, 0.1) is 11.6 Å². The van der Waals surface area contributed by atoms with Crippen LogP contribution in [-0.4, -0.2) is 50.5 Å². The molecule has 2 rings (SSSR count). The minimum atomic E-state index is -0.898. The van der Waals surface area contributed by atoms with Gasteiger partial charge in [0.1, 0.15) is 11.4 Å². The van der Waals surface area contributed by atoms with E-state index in [9.17, 15) is 23.5 Å². The molecule has 0 saturated carbocycles. The van der Waals surface area contributed by atoms with E-state index < -0.39 is 29.7 Å². The molecule has 1 fully saturated rings. The SMILES string of the molecule is COC(=O)/C=C(/Nc1cc(F)c(N2CCC(O)CC2)c(F)c1)C(=O)OC. The van der Waals surface area contributed by atoms with Gasteiger partial charge < -0.3 is 24.8 Å². The van der Waals surface area contributed by atoms with Crippen LogP contribution in [-0.2, 0) is 19.1 Å². The van der Waals surface area contributed by atoms with Gasteiger partial charge in [-0.2, -0.15) is 0 Å². The van der Waals surface area contributed by atoms with Gasteiger partial charge in [-0.05, 0) is 25.0 Å². The number of nitrogens with one attached hydrogen (secondary N) is 1. The van der Waals surface area contributed by atoms with E-state index in [1.807, 2.05) is 0 Å². The van der Waals surface area contributed by atoms with Crippen molar-refractivity contribution in [2.24, 2.45) is 0 Å². The molecular formula is C17H20F2N2O5. The maximum Gasteiger partial charge on any atom is 0.354 e. The van der Waals surface area contributed by atoms with Crippen molar-refractivity contribution in [3.05, 3.63) is 35.5 Å². The molecule has 26 heavy (non-hydrogen) atoms. The Morgan fingerprint density at radius 2 is 1.77 bits per heavy atom. The molecule has 2 N–H and O–H groups in total. The highest BCUT2D eigenvalue weighted by Crippen LogP contribution is 2.30. The molecule has 0 spiro atoms. The van der Waals surface area contributed by atoms with Gasteiger partial charge in [-0.15, -0.1) is 0 Å². The van der Waals surface area contributed by atoms with Gasteiger partial charge in [0.2, 0.25) is 0 Å². The number of halogens is 2. The normalized spacial score (nSPS) is 15.6. The molecule has 0 bridgehead atoms. The number of hydrogen-bond donors (Lipinski definition) is 2. The largest absolute Gasteiger partial charge is 0.466 e. The number of benzene rings is 1. The molecule has 0 amide bonds. The topological polar surface area (TPSA) is 88.1 Å². The lowest BCUT2D eigenvalue weighted by Crippen LogP contribution is -2.36. The van der Waals surface area contributed by atoms with Crippen LogP contribution < -0.4 is 10.2 Å². The first-order valence-corrected chi connectivity index (χ1v) is 7.92. The third-order valence-electron chi connectivity index (χ3n) is 3.95. The highest BCUT2D eigenvalue weighted by molar-refractivity contribution is 5.98. The summed E-state index contributed by atoms with van der Waals surface area (Å²) in [4.78, 5) is 24.6. The zero-order chi connectivity index (χ0) is 19.3. The minimum absolute atomic E-state index is 0.0682. The fraction of sp³-hybridized carbons (Fsp3) is 0.412. The summed E-state index contributed by atoms with van der Waals surface area (Å²) in [6.45, 7) is 0.662. The number of hydrogen-bond acceptors (Lipinski definition) is 7. The average molecular weight is 370 g/mol. The van der Waals surface area contributed by atoms with Crippen molar-refractivity contribution in [2.45, 2.75) is 18.9 Å². The summed E-state index contributed by atoms with van der Waals surface area (Å²) in [6.07, 6.45) is 1.20. The van der Waals surface area contributed by atoms with Crippen LogP contribution in [0.25, 0.3) is 0 Å². The number of methoxy groups -OCH3 is 2. The third-order valence-corrected chi connectivity index (χ3v) is 3.95. The van der Waals surface area contributed by atoms with Gasteiger partial charge in [0.25, 0.3) is 0 Å². The van der Waals surface area contributed by atoms with Crippen LogP contribution >= 0.6 is 0 Å². The number of esters is 2. The maximum absolute atomic E-state index is 14.4. The molecule has 1 aliphatic heterocycles. The summed E-state index contributed by atoms with van der Waals surface area (Å²) in [5, 5.41) is 12.0. The molecular weight excluding hydrogens is 350 g/mol. The second-order valence-electron chi connectivity index (χ2n) is 5.70. The Kier molecular flexibility index (Phi) is 6.51. The first-order valence-electron chi connectivity index (χ1n) is 7.92. The molecule has 0 unspecified atom stereocenters.